The Morgan fingerprint density at radius 3 is 1.21 bits per heavy atom. The average Bonchev–Trinajstić information content (AvgIpc) is 0.754. The fourth-order valence-corrected chi connectivity index (χ4v) is 15.0. The fraction of sp³-hybridized carbons (Fsp3) is 0.934. The molecule has 0 aromatic carbocycles. The van der Waals surface area contributed by atoms with E-state index >= 15 is 0 Å². The molecule has 36 nitrogen and oxygen atoms in total. The summed E-state index contributed by atoms with van der Waals surface area (Å²) in [5.41, 5.74) is 0. The molecule has 21 N–H and O–H groups in total. The molecule has 0 aromatic rings. The lowest BCUT2D eigenvalue weighted by Crippen LogP contribution is -2.70. The molecule has 654 valence electrons. The number of amides is 3. The number of ether oxygens (including phenoxy) is 12. The van der Waals surface area contributed by atoms with Gasteiger partial charge in [0.15, 0.2) is 37.7 Å². The number of hydrogen-bond donors (Lipinski definition) is 21. The van der Waals surface area contributed by atoms with E-state index in [1.54, 1.807) is 6.08 Å². The van der Waals surface area contributed by atoms with E-state index in [0.29, 0.717) is 12.8 Å². The number of carbonyl (C=O) groups is 3. The molecule has 12 unspecified atom stereocenters. The highest BCUT2D eigenvalue weighted by molar-refractivity contribution is 5.76. The van der Waals surface area contributed by atoms with Gasteiger partial charge in [-0.15, -0.1) is 0 Å². The summed E-state index contributed by atoms with van der Waals surface area (Å²) in [6.07, 6.45) is -21.2. The fourth-order valence-electron chi connectivity index (χ4n) is 15.0. The molecule has 0 radical (unpaired) electrons. The van der Waals surface area contributed by atoms with E-state index < -0.39 is 254 Å². The maximum absolute atomic E-state index is 13.5. The van der Waals surface area contributed by atoms with Crippen molar-refractivity contribution in [3.05, 3.63) is 12.2 Å². The van der Waals surface area contributed by atoms with Crippen LogP contribution in [-0.4, -0.2) is 352 Å². The number of nitrogens with one attached hydrogen (secondary N) is 3. The van der Waals surface area contributed by atoms with Crippen molar-refractivity contribution in [2.45, 2.75) is 404 Å². The van der Waals surface area contributed by atoms with Gasteiger partial charge in [-0.2, -0.15) is 0 Å². The Kier molecular flexibility index (Phi) is 45.5. The molecule has 6 heterocycles. The van der Waals surface area contributed by atoms with Crippen molar-refractivity contribution in [3.8, 4) is 0 Å². The molecule has 6 fully saturated rings. The Hall–Kier alpha value is -3.05. The first kappa shape index (κ1) is 97.8. The summed E-state index contributed by atoms with van der Waals surface area (Å²) in [4.78, 5) is 38.9. The van der Waals surface area contributed by atoms with Gasteiger partial charge in [0.2, 0.25) is 17.7 Å². The van der Waals surface area contributed by atoms with Crippen molar-refractivity contribution < 1.29 is 163 Å². The van der Waals surface area contributed by atoms with Crippen LogP contribution in [0.1, 0.15) is 207 Å². The summed E-state index contributed by atoms with van der Waals surface area (Å²) in [5, 5.41) is 208. The van der Waals surface area contributed by atoms with E-state index in [2.05, 4.69) is 29.8 Å². The topological polar surface area (TPSA) is 562 Å². The summed E-state index contributed by atoms with van der Waals surface area (Å²) in [7, 11) is 0. The molecule has 0 bridgehead atoms. The van der Waals surface area contributed by atoms with Crippen LogP contribution >= 0.6 is 0 Å². The van der Waals surface area contributed by atoms with E-state index in [-0.39, 0.29) is 12.3 Å². The molecule has 32 atom stereocenters. The predicted molar refractivity (Wildman–Crippen MR) is 394 cm³/mol. The SMILES string of the molecule is CCCCCCCCCCCCC/C=C/[C@@H](O)[C@H](CO[C@@H]1OC(CO)[C@@H](O[C@@H]2OC(CO)[C@H](O[C@@H]3OC(CO)[C@H](O)[C@H](O[C@@H]4OC(CO[C@@H]5OC(CO)[C@@H](O)[C@H](O)C5NC(C)=O)[C@H](O)[C@H](O[C@@H]5OC(CO)[C@H](O)[C@H](O)C5O)C4NC(C)=O)C3O)[C@H](O)C2O)[C@H](O)C1O)NC(=O)CCCCCCCCCCCCCCCCC. The molecule has 0 aliphatic carbocycles. The van der Waals surface area contributed by atoms with Crippen LogP contribution in [0.2, 0.25) is 0 Å². The van der Waals surface area contributed by atoms with Gasteiger partial charge in [0, 0.05) is 20.3 Å². The van der Waals surface area contributed by atoms with Crippen LogP contribution in [-0.2, 0) is 71.2 Å². The van der Waals surface area contributed by atoms with Crippen molar-refractivity contribution in [2.75, 3.05) is 46.2 Å². The van der Waals surface area contributed by atoms with Crippen molar-refractivity contribution in [1.82, 2.24) is 16.0 Å². The summed E-state index contributed by atoms with van der Waals surface area (Å²) < 4.78 is 71.1. The number of allylic oxidation sites excluding steroid dienone is 1. The lowest BCUT2D eigenvalue weighted by Gasteiger charge is -2.50. The number of aliphatic hydroxyl groups excluding tert-OH is 18. The van der Waals surface area contributed by atoms with Gasteiger partial charge in [0.25, 0.3) is 0 Å². The number of unbranched alkanes of at least 4 members (excludes halogenated alkanes) is 25. The summed E-state index contributed by atoms with van der Waals surface area (Å²) in [6.45, 7) is 0.266. The minimum atomic E-state index is -2.31. The Balaban J connectivity index is 1.11. The van der Waals surface area contributed by atoms with Gasteiger partial charge in [0.1, 0.15) is 146 Å². The first-order chi connectivity index (χ1) is 53.8. The highest BCUT2D eigenvalue weighted by Gasteiger charge is 2.58. The van der Waals surface area contributed by atoms with Gasteiger partial charge in [-0.1, -0.05) is 180 Å². The third-order valence-corrected chi connectivity index (χ3v) is 21.7. The first-order valence-electron chi connectivity index (χ1n) is 41.0. The Morgan fingerprint density at radius 1 is 0.357 bits per heavy atom. The third kappa shape index (κ3) is 29.7. The maximum atomic E-state index is 13.5. The van der Waals surface area contributed by atoms with E-state index in [9.17, 15) is 106 Å². The van der Waals surface area contributed by atoms with Crippen LogP contribution in [0.3, 0.4) is 0 Å². The molecular weight excluding hydrogens is 1480 g/mol. The van der Waals surface area contributed by atoms with Crippen LogP contribution in [0.4, 0.5) is 0 Å². The molecule has 0 saturated carbocycles. The minimum Gasteiger partial charge on any atom is -0.394 e. The predicted octanol–water partition coefficient (Wildman–Crippen LogP) is -2.42. The second kappa shape index (κ2) is 52.1. The monoisotopic (exact) mass is 1620 g/mol. The lowest BCUT2D eigenvalue weighted by atomic mass is 9.94. The van der Waals surface area contributed by atoms with Crippen LogP contribution in [0.5, 0.6) is 0 Å². The third-order valence-electron chi connectivity index (χ3n) is 21.7. The highest BCUT2D eigenvalue weighted by Crippen LogP contribution is 2.38. The molecular formula is C76H137N3O33. The van der Waals surface area contributed by atoms with Crippen molar-refractivity contribution in [2.24, 2.45) is 0 Å². The lowest BCUT2D eigenvalue weighted by molar-refractivity contribution is -0.390. The normalized spacial score (nSPS) is 37.2. The number of aliphatic hydroxyl groups is 18. The molecule has 3 amide bonds. The van der Waals surface area contributed by atoms with Gasteiger partial charge in [-0.25, -0.2) is 0 Å². The average molecular weight is 1620 g/mol. The second-order valence-electron chi connectivity index (χ2n) is 30.7. The zero-order valence-electron chi connectivity index (χ0n) is 65.6. The Labute approximate surface area is 656 Å². The molecule has 6 aliphatic heterocycles. The quantitative estimate of drug-likeness (QED) is 0.0222. The Bertz CT molecular complexity index is 2600. The largest absolute Gasteiger partial charge is 0.394 e. The zero-order valence-corrected chi connectivity index (χ0v) is 65.6. The summed E-state index contributed by atoms with van der Waals surface area (Å²) in [5.74, 6) is -1.98. The number of rotatable bonds is 52. The van der Waals surface area contributed by atoms with E-state index in [4.69, 9.17) is 56.8 Å². The van der Waals surface area contributed by atoms with Crippen molar-refractivity contribution in [1.29, 1.82) is 0 Å². The van der Waals surface area contributed by atoms with Crippen LogP contribution < -0.4 is 16.0 Å². The molecule has 6 aliphatic rings. The summed E-state index contributed by atoms with van der Waals surface area (Å²) >= 11 is 0. The van der Waals surface area contributed by atoms with Crippen LogP contribution in [0.15, 0.2) is 12.2 Å². The smallest absolute Gasteiger partial charge is 0.220 e. The van der Waals surface area contributed by atoms with Crippen LogP contribution in [0.25, 0.3) is 0 Å². The standard InChI is InChI=1S/C76H137N3O33/c1-5-7-9-11-13-15-17-19-20-22-24-26-28-30-32-34-52(88)79-44(45(87)33-31-29-27-25-23-21-18-16-14-12-10-8-6-2)40-101-73-64(98)61(95)67(49(38-83)106-73)109-75-65(99)62(96)68(50(39-84)107-75)110-76-66(100)70(57(91)48(37-82)105-76)112-72-54(78-43(4)86)69(111-74-63(97)60(94)56(90)47(36-81)104-74)58(92)51(108-72)41-102-71-53(77-42(3)85)59(93)55(89)46(35-80)103-71/h31,33,44-51,53-76,80-84,87,89-100H,5-30,32,34-41H2,1-4H3,(H,77,85)(H,78,86)(H,79,88)/b33-31+/t44-,45+,46?,47?,48?,49?,50?,51?,53?,54?,55+,56-,57-,58-,59+,60-,61+,62+,63?,64?,65?,66?,67+,68-,69+,70-,71+,72-,73+,74-,75-,76-/m0/s1. The Morgan fingerprint density at radius 2 is 0.723 bits per heavy atom. The zero-order chi connectivity index (χ0) is 82.0. The number of carbonyl (C=O) groups excluding carboxylic acids is 3. The van der Waals surface area contributed by atoms with Gasteiger partial charge in [0.05, 0.1) is 58.4 Å². The van der Waals surface area contributed by atoms with E-state index in [1.807, 2.05) is 6.08 Å². The van der Waals surface area contributed by atoms with Gasteiger partial charge in [-0.3, -0.25) is 14.4 Å². The molecule has 36 heteroatoms. The molecule has 0 aromatic heterocycles. The maximum Gasteiger partial charge on any atom is 0.220 e. The number of hydrogen-bond acceptors (Lipinski definition) is 33. The van der Waals surface area contributed by atoms with E-state index in [0.717, 1.165) is 65.2 Å². The van der Waals surface area contributed by atoms with Gasteiger partial charge in [-0.05, 0) is 19.3 Å². The van der Waals surface area contributed by atoms with Crippen molar-refractivity contribution >= 4 is 17.7 Å². The van der Waals surface area contributed by atoms with Gasteiger partial charge >= 0.3 is 0 Å². The van der Waals surface area contributed by atoms with Crippen LogP contribution in [0, 0.1) is 0 Å². The molecule has 6 rings (SSSR count). The molecule has 0 spiro atoms. The summed E-state index contributed by atoms with van der Waals surface area (Å²) in [6, 6.07) is -4.48. The minimum absolute atomic E-state index is 0.177. The van der Waals surface area contributed by atoms with E-state index in [1.165, 1.54) is 109 Å². The second-order valence-corrected chi connectivity index (χ2v) is 30.7. The molecule has 6 saturated heterocycles. The molecule has 112 heavy (non-hydrogen) atoms. The van der Waals surface area contributed by atoms with Gasteiger partial charge < -0.3 is 165 Å². The highest BCUT2D eigenvalue weighted by atomic mass is 16.8. The first-order valence-corrected chi connectivity index (χ1v) is 41.0. The van der Waals surface area contributed by atoms with Crippen molar-refractivity contribution in [3.63, 3.8) is 0 Å².